The predicted molar refractivity (Wildman–Crippen MR) is 77.3 cm³/mol. The van der Waals surface area contributed by atoms with Crippen molar-refractivity contribution < 1.29 is 9.53 Å². The fourth-order valence-electron chi connectivity index (χ4n) is 2.05. The summed E-state index contributed by atoms with van der Waals surface area (Å²) >= 11 is 1.49. The highest BCUT2D eigenvalue weighted by atomic mass is 32.1. The number of nitrogens with one attached hydrogen (secondary N) is 1. The number of ether oxygens (including phenoxy) is 1. The summed E-state index contributed by atoms with van der Waals surface area (Å²) in [6.45, 7) is 2.01. The molecule has 1 aromatic carbocycles. The van der Waals surface area contributed by atoms with Crippen molar-refractivity contribution in [2.45, 2.75) is 6.92 Å². The van der Waals surface area contributed by atoms with Crippen LogP contribution in [0.1, 0.15) is 20.9 Å². The van der Waals surface area contributed by atoms with Gasteiger partial charge in [-0.15, -0.1) is 11.3 Å². The Morgan fingerprint density at radius 3 is 2.58 bits per heavy atom. The highest BCUT2D eigenvalue weighted by Gasteiger charge is 2.13. The molecule has 0 aliphatic rings. The Morgan fingerprint density at radius 2 is 1.95 bits per heavy atom. The Balaban J connectivity index is 1.95. The smallest absolute Gasteiger partial charge is 0.203 e. The van der Waals surface area contributed by atoms with Crippen LogP contribution in [0.2, 0.25) is 0 Å². The molecule has 0 bridgehead atoms. The lowest BCUT2D eigenvalue weighted by Gasteiger charge is -2.01. The van der Waals surface area contributed by atoms with E-state index in [1.54, 1.807) is 31.4 Å². The van der Waals surface area contributed by atoms with Crippen molar-refractivity contribution in [3.05, 3.63) is 52.5 Å². The Morgan fingerprint density at radius 1 is 1.21 bits per heavy atom. The number of benzene rings is 1. The third-order valence-electron chi connectivity index (χ3n) is 3.02. The van der Waals surface area contributed by atoms with E-state index in [1.165, 1.54) is 11.3 Å². The normalized spacial score (nSPS) is 10.8. The number of hydrogen-bond donors (Lipinski definition) is 1. The van der Waals surface area contributed by atoms with Crippen molar-refractivity contribution in [3.63, 3.8) is 0 Å². The highest BCUT2D eigenvalue weighted by molar-refractivity contribution is 7.20. The molecule has 3 rings (SSSR count). The maximum absolute atomic E-state index is 12.4. The molecule has 0 spiro atoms. The molecule has 0 radical (unpaired) electrons. The second kappa shape index (κ2) is 4.55. The standard InChI is InChI=1S/C15H13NO2S/c1-9-7-11-8-13(19-15(11)16-9)14(17)10-3-5-12(18-2)6-4-10/h3-8,16H,1-2H3. The number of aromatic amines is 1. The van der Waals surface area contributed by atoms with Crippen molar-refractivity contribution in [1.82, 2.24) is 4.98 Å². The van der Waals surface area contributed by atoms with Gasteiger partial charge in [0.25, 0.3) is 0 Å². The number of carbonyl (C=O) groups excluding carboxylic acids is 1. The van der Waals surface area contributed by atoms with Gasteiger partial charge in [-0.1, -0.05) is 0 Å². The molecule has 2 aromatic heterocycles. The molecule has 0 saturated heterocycles. The Bertz CT molecular complexity index is 706. The van der Waals surface area contributed by atoms with Crippen LogP contribution in [0, 0.1) is 6.92 Å². The van der Waals surface area contributed by atoms with Gasteiger partial charge in [-0.3, -0.25) is 4.79 Å². The molecule has 3 nitrogen and oxygen atoms in total. The number of carbonyl (C=O) groups is 1. The molecule has 4 heteroatoms. The zero-order chi connectivity index (χ0) is 13.4. The first kappa shape index (κ1) is 12.0. The second-order valence-corrected chi connectivity index (χ2v) is 5.46. The zero-order valence-electron chi connectivity index (χ0n) is 10.7. The van der Waals surface area contributed by atoms with E-state index >= 15 is 0 Å². The van der Waals surface area contributed by atoms with Gasteiger partial charge in [-0.2, -0.15) is 0 Å². The Kier molecular flexibility index (Phi) is 2.87. The average Bonchev–Trinajstić information content (AvgIpc) is 2.95. The number of hydrogen-bond acceptors (Lipinski definition) is 3. The minimum atomic E-state index is 0.0508. The maximum Gasteiger partial charge on any atom is 0.203 e. The molecule has 0 aliphatic carbocycles. The molecule has 0 unspecified atom stereocenters. The van der Waals surface area contributed by atoms with Gasteiger partial charge < -0.3 is 9.72 Å². The SMILES string of the molecule is COc1ccc(C(=O)c2cc3cc(C)[nH]c3s2)cc1. The average molecular weight is 271 g/mol. The topological polar surface area (TPSA) is 42.1 Å². The van der Waals surface area contributed by atoms with Crippen LogP contribution in [-0.4, -0.2) is 17.9 Å². The largest absolute Gasteiger partial charge is 0.497 e. The number of aromatic nitrogens is 1. The number of rotatable bonds is 3. The van der Waals surface area contributed by atoms with Crippen LogP contribution in [0.25, 0.3) is 10.2 Å². The minimum Gasteiger partial charge on any atom is -0.497 e. The summed E-state index contributed by atoms with van der Waals surface area (Å²) in [6.07, 6.45) is 0. The summed E-state index contributed by atoms with van der Waals surface area (Å²) in [5, 5.41) is 1.10. The van der Waals surface area contributed by atoms with Gasteiger partial charge in [0, 0.05) is 16.6 Å². The molecule has 0 fully saturated rings. The monoisotopic (exact) mass is 271 g/mol. The van der Waals surface area contributed by atoms with Crippen LogP contribution in [-0.2, 0) is 0 Å². The third-order valence-corrected chi connectivity index (χ3v) is 4.08. The molecule has 3 aromatic rings. The van der Waals surface area contributed by atoms with E-state index in [4.69, 9.17) is 4.74 Å². The molecule has 0 aliphatic heterocycles. The molecular weight excluding hydrogens is 258 g/mol. The van der Waals surface area contributed by atoms with E-state index < -0.39 is 0 Å². The predicted octanol–water partition coefficient (Wildman–Crippen LogP) is 3.78. The first-order valence-electron chi connectivity index (χ1n) is 5.95. The Labute approximate surface area is 114 Å². The fourth-order valence-corrected chi connectivity index (χ4v) is 3.12. The van der Waals surface area contributed by atoms with Crippen LogP contribution in [0.15, 0.2) is 36.4 Å². The quantitative estimate of drug-likeness (QED) is 0.737. The van der Waals surface area contributed by atoms with Crippen molar-refractivity contribution in [1.29, 1.82) is 0 Å². The lowest BCUT2D eigenvalue weighted by atomic mass is 10.1. The summed E-state index contributed by atoms with van der Waals surface area (Å²) in [5.74, 6) is 0.806. The van der Waals surface area contributed by atoms with Crippen LogP contribution in [0.5, 0.6) is 5.75 Å². The first-order chi connectivity index (χ1) is 9.17. The van der Waals surface area contributed by atoms with Gasteiger partial charge in [0.05, 0.1) is 12.0 Å². The van der Waals surface area contributed by atoms with Gasteiger partial charge in [0.15, 0.2) is 0 Å². The summed E-state index contributed by atoms with van der Waals surface area (Å²) in [5.41, 5.74) is 1.80. The molecule has 96 valence electrons. The first-order valence-corrected chi connectivity index (χ1v) is 6.77. The lowest BCUT2D eigenvalue weighted by molar-refractivity contribution is 0.104. The van der Waals surface area contributed by atoms with Crippen LogP contribution in [0.4, 0.5) is 0 Å². The molecule has 2 heterocycles. The van der Waals surface area contributed by atoms with Crippen molar-refractivity contribution in [3.8, 4) is 5.75 Å². The van der Waals surface area contributed by atoms with E-state index in [1.807, 2.05) is 13.0 Å². The third kappa shape index (κ3) is 2.15. The summed E-state index contributed by atoms with van der Waals surface area (Å²) in [4.78, 5) is 17.4. The van der Waals surface area contributed by atoms with Crippen molar-refractivity contribution in [2.75, 3.05) is 7.11 Å². The van der Waals surface area contributed by atoms with Gasteiger partial charge in [0.2, 0.25) is 5.78 Å². The van der Waals surface area contributed by atoms with E-state index in [0.717, 1.165) is 26.5 Å². The van der Waals surface area contributed by atoms with Crippen molar-refractivity contribution >= 4 is 27.3 Å². The van der Waals surface area contributed by atoms with E-state index in [9.17, 15) is 4.79 Å². The van der Waals surface area contributed by atoms with Gasteiger partial charge >= 0.3 is 0 Å². The summed E-state index contributed by atoms with van der Waals surface area (Å²) in [7, 11) is 1.61. The van der Waals surface area contributed by atoms with E-state index in [2.05, 4.69) is 11.1 Å². The second-order valence-electron chi connectivity index (χ2n) is 4.41. The summed E-state index contributed by atoms with van der Waals surface area (Å²) in [6, 6.07) is 11.2. The number of ketones is 1. The van der Waals surface area contributed by atoms with Gasteiger partial charge in [0.1, 0.15) is 10.6 Å². The summed E-state index contributed by atoms with van der Waals surface area (Å²) < 4.78 is 5.09. The highest BCUT2D eigenvalue weighted by Crippen LogP contribution is 2.28. The van der Waals surface area contributed by atoms with Gasteiger partial charge in [-0.25, -0.2) is 0 Å². The maximum atomic E-state index is 12.4. The molecular formula is C15H13NO2S. The number of thiophene rings is 1. The Hall–Kier alpha value is -2.07. The number of fused-ring (bicyclic) bond motifs is 1. The number of methoxy groups -OCH3 is 1. The fraction of sp³-hybridized carbons (Fsp3) is 0.133. The molecule has 0 amide bonds. The molecule has 0 atom stereocenters. The van der Waals surface area contributed by atoms with Crippen LogP contribution >= 0.6 is 11.3 Å². The zero-order valence-corrected chi connectivity index (χ0v) is 11.5. The van der Waals surface area contributed by atoms with Crippen LogP contribution < -0.4 is 4.74 Å². The lowest BCUT2D eigenvalue weighted by Crippen LogP contribution is -1.98. The molecule has 19 heavy (non-hydrogen) atoms. The number of H-pyrrole nitrogens is 1. The van der Waals surface area contributed by atoms with Crippen molar-refractivity contribution in [2.24, 2.45) is 0 Å². The molecule has 1 N–H and O–H groups in total. The van der Waals surface area contributed by atoms with Crippen LogP contribution in [0.3, 0.4) is 0 Å². The molecule has 0 saturated carbocycles. The minimum absolute atomic E-state index is 0.0508. The van der Waals surface area contributed by atoms with E-state index in [0.29, 0.717) is 5.56 Å². The van der Waals surface area contributed by atoms with E-state index in [-0.39, 0.29) is 5.78 Å². The van der Waals surface area contributed by atoms with Gasteiger partial charge in [-0.05, 0) is 43.3 Å². The number of aryl methyl sites for hydroxylation is 1.